The number of hydrogen-bond acceptors (Lipinski definition) is 6. The third-order valence-electron chi connectivity index (χ3n) is 6.48. The molecule has 1 unspecified atom stereocenters. The van der Waals surface area contributed by atoms with Crippen LogP contribution < -0.4 is 10.2 Å². The van der Waals surface area contributed by atoms with Crippen molar-refractivity contribution in [2.45, 2.75) is 46.0 Å². The molecule has 1 fully saturated rings. The van der Waals surface area contributed by atoms with E-state index in [9.17, 15) is 14.9 Å². The highest BCUT2D eigenvalue weighted by atomic mass is 16.6. The first-order valence-electron chi connectivity index (χ1n) is 12.9. The number of hydrogen-bond donors (Lipinski definition) is 1. The van der Waals surface area contributed by atoms with Crippen molar-refractivity contribution < 1.29 is 19.1 Å². The van der Waals surface area contributed by atoms with Crippen LogP contribution in [0.25, 0.3) is 16.8 Å². The Morgan fingerprint density at radius 2 is 1.83 bits per heavy atom. The third kappa shape index (κ3) is 8.39. The molecule has 2 aromatic carbocycles. The lowest BCUT2D eigenvalue weighted by Gasteiger charge is -2.29. The third-order valence-corrected chi connectivity index (χ3v) is 6.48. The van der Waals surface area contributed by atoms with Crippen molar-refractivity contribution in [3.05, 3.63) is 47.5 Å². The van der Waals surface area contributed by atoms with Crippen molar-refractivity contribution >= 4 is 34.4 Å². The molecule has 0 bridgehead atoms. The number of nitrogens with zero attached hydrogens (tertiary/aromatic N) is 2. The number of nitrogens with one attached hydrogen (secondary N) is 1. The van der Waals surface area contributed by atoms with Crippen molar-refractivity contribution in [2.75, 3.05) is 44.4 Å². The smallest absolute Gasteiger partial charge is 0.306 e. The molecule has 0 aliphatic carbocycles. The van der Waals surface area contributed by atoms with E-state index in [1.807, 2.05) is 38.1 Å². The number of carbonyl (C=O) groups excluding carboxylic acids is 2. The van der Waals surface area contributed by atoms with Crippen LogP contribution in [0.2, 0.25) is 0 Å². The summed E-state index contributed by atoms with van der Waals surface area (Å²) in [6.07, 6.45) is 6.72. The first kappa shape index (κ1) is 27.2. The van der Waals surface area contributed by atoms with Gasteiger partial charge in [0.05, 0.1) is 13.2 Å². The summed E-state index contributed by atoms with van der Waals surface area (Å²) in [5, 5.41) is 14.4. The number of amides is 1. The van der Waals surface area contributed by atoms with E-state index >= 15 is 0 Å². The van der Waals surface area contributed by atoms with Gasteiger partial charge in [0.25, 0.3) is 5.91 Å². The van der Waals surface area contributed by atoms with Gasteiger partial charge in [-0.1, -0.05) is 38.5 Å². The summed E-state index contributed by atoms with van der Waals surface area (Å²) in [7, 11) is 0. The molecule has 1 amide bonds. The molecule has 192 valence electrons. The van der Waals surface area contributed by atoms with Gasteiger partial charge in [0, 0.05) is 31.7 Å². The van der Waals surface area contributed by atoms with E-state index < -0.39 is 5.91 Å². The van der Waals surface area contributed by atoms with Gasteiger partial charge >= 0.3 is 5.97 Å². The number of nitriles is 1. The van der Waals surface area contributed by atoms with E-state index in [4.69, 9.17) is 9.47 Å². The number of fused-ring (bicyclic) bond motifs is 1. The zero-order valence-corrected chi connectivity index (χ0v) is 21.4. The molecule has 2 aromatic rings. The molecule has 1 N–H and O–H groups in total. The summed E-state index contributed by atoms with van der Waals surface area (Å²) in [6.45, 7) is 7.23. The Bertz CT molecular complexity index is 1100. The quantitative estimate of drug-likeness (QED) is 0.198. The number of benzene rings is 2. The van der Waals surface area contributed by atoms with E-state index in [-0.39, 0.29) is 37.9 Å². The van der Waals surface area contributed by atoms with Crippen LogP contribution in [0, 0.1) is 17.2 Å². The Morgan fingerprint density at radius 1 is 1.08 bits per heavy atom. The number of carbonyl (C=O) groups is 2. The second kappa shape index (κ2) is 14.3. The van der Waals surface area contributed by atoms with Gasteiger partial charge in [-0.25, -0.2) is 0 Å². The van der Waals surface area contributed by atoms with Gasteiger partial charge in [-0.3, -0.25) is 9.59 Å². The molecular weight excluding hydrogens is 454 g/mol. The van der Waals surface area contributed by atoms with Crippen LogP contribution in [0.1, 0.15) is 51.5 Å². The lowest BCUT2D eigenvalue weighted by molar-refractivity contribution is -0.146. The summed E-state index contributed by atoms with van der Waals surface area (Å²) in [5.41, 5.74) is 2.09. The van der Waals surface area contributed by atoms with E-state index in [2.05, 4.69) is 28.4 Å². The van der Waals surface area contributed by atoms with Crippen LogP contribution in [0.4, 0.5) is 5.69 Å². The molecule has 7 heteroatoms. The molecular formula is C29H37N3O4. The van der Waals surface area contributed by atoms with Gasteiger partial charge in [-0.2, -0.15) is 5.26 Å². The van der Waals surface area contributed by atoms with Crippen LogP contribution in [0.5, 0.6) is 0 Å². The highest BCUT2D eigenvalue weighted by molar-refractivity contribution is 6.02. The first-order valence-corrected chi connectivity index (χ1v) is 12.9. The maximum atomic E-state index is 12.4. The van der Waals surface area contributed by atoms with E-state index in [0.717, 1.165) is 35.8 Å². The SMILES string of the molecule is CCC(C)CC(=O)OCCOCCNC(=O)/C(C#N)=C/c1ccc2cc(N3CCCCC3)ccc2c1. The van der Waals surface area contributed by atoms with Gasteiger partial charge in [0.15, 0.2) is 0 Å². The molecule has 1 atom stereocenters. The maximum absolute atomic E-state index is 12.4. The van der Waals surface area contributed by atoms with Crippen LogP contribution in [0.3, 0.4) is 0 Å². The van der Waals surface area contributed by atoms with E-state index in [1.54, 1.807) is 6.08 Å². The second-order valence-corrected chi connectivity index (χ2v) is 9.31. The normalized spacial score (nSPS) is 14.8. The summed E-state index contributed by atoms with van der Waals surface area (Å²) in [4.78, 5) is 26.5. The topological polar surface area (TPSA) is 91.7 Å². The number of rotatable bonds is 12. The maximum Gasteiger partial charge on any atom is 0.306 e. The highest BCUT2D eigenvalue weighted by Gasteiger charge is 2.12. The van der Waals surface area contributed by atoms with Gasteiger partial charge in [0.1, 0.15) is 18.2 Å². The number of esters is 1. The van der Waals surface area contributed by atoms with Crippen molar-refractivity contribution in [1.82, 2.24) is 5.32 Å². The lowest BCUT2D eigenvalue weighted by Crippen LogP contribution is -2.29. The Hall–Kier alpha value is -3.37. The minimum atomic E-state index is -0.443. The average molecular weight is 492 g/mol. The van der Waals surface area contributed by atoms with Crippen LogP contribution in [-0.2, 0) is 19.1 Å². The minimum absolute atomic E-state index is 0.0401. The molecule has 0 aromatic heterocycles. The number of piperidine rings is 1. The standard InChI is InChI=1S/C29H37N3O4/c1-3-22(2)17-28(33)36-16-15-35-14-11-31-29(34)26(21-30)19-23-7-8-25-20-27(10-9-24(25)18-23)32-12-5-4-6-13-32/h7-10,18-20,22H,3-6,11-17H2,1-2H3,(H,31,34)/b26-19+. The van der Waals surface area contributed by atoms with Crippen molar-refractivity contribution in [1.29, 1.82) is 5.26 Å². The summed E-state index contributed by atoms with van der Waals surface area (Å²) >= 11 is 0. The Morgan fingerprint density at radius 3 is 2.58 bits per heavy atom. The predicted octanol–water partition coefficient (Wildman–Crippen LogP) is 4.85. The van der Waals surface area contributed by atoms with E-state index in [0.29, 0.717) is 12.3 Å². The molecule has 3 rings (SSSR count). The highest BCUT2D eigenvalue weighted by Crippen LogP contribution is 2.26. The molecule has 1 aliphatic rings. The fraction of sp³-hybridized carbons (Fsp3) is 0.483. The molecule has 36 heavy (non-hydrogen) atoms. The first-order chi connectivity index (χ1) is 17.5. The lowest BCUT2D eigenvalue weighted by atomic mass is 10.0. The molecule has 1 aliphatic heterocycles. The van der Waals surface area contributed by atoms with Gasteiger partial charge in [-0.15, -0.1) is 0 Å². The van der Waals surface area contributed by atoms with Crippen LogP contribution in [0.15, 0.2) is 42.0 Å². The molecule has 1 heterocycles. The fourth-order valence-electron chi connectivity index (χ4n) is 4.14. The van der Waals surface area contributed by atoms with Crippen molar-refractivity contribution in [3.8, 4) is 6.07 Å². The molecule has 0 spiro atoms. The summed E-state index contributed by atoms with van der Waals surface area (Å²) in [6, 6.07) is 14.4. The molecule has 7 nitrogen and oxygen atoms in total. The van der Waals surface area contributed by atoms with Gasteiger partial charge < -0.3 is 19.7 Å². The van der Waals surface area contributed by atoms with Gasteiger partial charge in [-0.05, 0) is 65.8 Å². The Labute approximate surface area is 214 Å². The fourth-order valence-corrected chi connectivity index (χ4v) is 4.14. The monoisotopic (exact) mass is 491 g/mol. The average Bonchev–Trinajstić information content (AvgIpc) is 2.91. The van der Waals surface area contributed by atoms with E-state index in [1.165, 1.54) is 24.9 Å². The van der Waals surface area contributed by atoms with Crippen LogP contribution >= 0.6 is 0 Å². The molecule has 0 radical (unpaired) electrons. The largest absolute Gasteiger partial charge is 0.463 e. The van der Waals surface area contributed by atoms with Crippen LogP contribution in [-0.4, -0.2) is 51.3 Å². The van der Waals surface area contributed by atoms with Crippen molar-refractivity contribution in [2.24, 2.45) is 5.92 Å². The number of anilines is 1. The van der Waals surface area contributed by atoms with Gasteiger partial charge in [0.2, 0.25) is 0 Å². The molecule has 0 saturated carbocycles. The summed E-state index contributed by atoms with van der Waals surface area (Å²) < 4.78 is 10.5. The second-order valence-electron chi connectivity index (χ2n) is 9.31. The molecule has 1 saturated heterocycles. The zero-order valence-electron chi connectivity index (χ0n) is 21.4. The van der Waals surface area contributed by atoms with Crippen molar-refractivity contribution in [3.63, 3.8) is 0 Å². The number of ether oxygens (including phenoxy) is 2. The minimum Gasteiger partial charge on any atom is -0.463 e. The summed E-state index contributed by atoms with van der Waals surface area (Å²) in [5.74, 6) is -0.356. The zero-order chi connectivity index (χ0) is 25.8. The predicted molar refractivity (Wildman–Crippen MR) is 142 cm³/mol. The Balaban J connectivity index is 1.45. The Kier molecular flexibility index (Phi) is 10.8.